The highest BCUT2D eigenvalue weighted by atomic mass is 19.1. The molecule has 0 bridgehead atoms. The molecule has 2 unspecified atom stereocenters. The maximum Gasteiger partial charge on any atom is 0.134 e. The van der Waals surface area contributed by atoms with Crippen LogP contribution < -0.4 is 11.3 Å². The summed E-state index contributed by atoms with van der Waals surface area (Å²) in [5, 5.41) is 0.726. The molecule has 2 aromatic rings. The van der Waals surface area contributed by atoms with E-state index in [-0.39, 0.29) is 18.0 Å². The molecular weight excluding hydrogens is 261 g/mol. The quantitative estimate of drug-likeness (QED) is 0.657. The van der Waals surface area contributed by atoms with E-state index in [9.17, 15) is 4.39 Å². The van der Waals surface area contributed by atoms with E-state index in [0.29, 0.717) is 18.0 Å². The number of morpholine rings is 1. The van der Waals surface area contributed by atoms with Gasteiger partial charge in [-0.15, -0.1) is 0 Å². The Morgan fingerprint density at radius 1 is 1.45 bits per heavy atom. The normalized spacial score (nSPS) is 22.2. The first kappa shape index (κ1) is 13.5. The van der Waals surface area contributed by atoms with Crippen LogP contribution in [0, 0.1) is 5.82 Å². The topological polar surface area (TPSA) is 63.7 Å². The molecule has 0 aliphatic carbocycles. The Balaban J connectivity index is 1.90. The molecule has 1 aliphatic rings. The highest BCUT2D eigenvalue weighted by Crippen LogP contribution is 2.28. The van der Waals surface area contributed by atoms with Crippen LogP contribution >= 0.6 is 0 Å². The Morgan fingerprint density at radius 2 is 2.30 bits per heavy atom. The summed E-state index contributed by atoms with van der Waals surface area (Å²) in [7, 11) is 2.04. The number of ether oxygens (including phenoxy) is 1. The zero-order chi connectivity index (χ0) is 14.1. The Kier molecular flexibility index (Phi) is 3.71. The molecule has 2 heterocycles. The van der Waals surface area contributed by atoms with Crippen LogP contribution in [-0.2, 0) is 4.74 Å². The molecule has 3 N–H and O–H groups in total. The fraction of sp³-hybridized carbons (Fsp3) is 0.429. The lowest BCUT2D eigenvalue weighted by Crippen LogP contribution is -2.48. The monoisotopic (exact) mass is 279 g/mol. The van der Waals surface area contributed by atoms with Crippen molar-refractivity contribution in [3.8, 4) is 0 Å². The number of furan rings is 1. The van der Waals surface area contributed by atoms with Crippen LogP contribution in [0.25, 0.3) is 11.0 Å². The van der Waals surface area contributed by atoms with Crippen molar-refractivity contribution in [1.82, 2.24) is 10.3 Å². The Hall–Kier alpha value is -1.47. The molecule has 2 atom stereocenters. The Morgan fingerprint density at radius 3 is 3.05 bits per heavy atom. The highest BCUT2D eigenvalue weighted by Gasteiger charge is 2.29. The molecule has 1 aromatic heterocycles. The van der Waals surface area contributed by atoms with Crippen molar-refractivity contribution < 1.29 is 13.5 Å². The summed E-state index contributed by atoms with van der Waals surface area (Å²) >= 11 is 0. The van der Waals surface area contributed by atoms with Crippen molar-refractivity contribution in [2.24, 2.45) is 5.84 Å². The number of nitrogens with zero attached hydrogens (tertiary/aromatic N) is 1. The first-order valence-corrected chi connectivity index (χ1v) is 6.62. The van der Waals surface area contributed by atoms with Crippen molar-refractivity contribution in [3.63, 3.8) is 0 Å². The lowest BCUT2D eigenvalue weighted by molar-refractivity contribution is -0.0425. The SMILES string of the molecule is CN1CCOC(C(NN)c2cc3cc(F)ccc3o2)C1. The van der Waals surface area contributed by atoms with Gasteiger partial charge in [0.2, 0.25) is 0 Å². The van der Waals surface area contributed by atoms with Gasteiger partial charge in [0.15, 0.2) is 0 Å². The number of rotatable bonds is 3. The summed E-state index contributed by atoms with van der Waals surface area (Å²) in [5.74, 6) is 6.03. The van der Waals surface area contributed by atoms with Crippen molar-refractivity contribution in [2.45, 2.75) is 12.1 Å². The maximum absolute atomic E-state index is 13.2. The molecule has 20 heavy (non-hydrogen) atoms. The molecule has 1 fully saturated rings. The summed E-state index contributed by atoms with van der Waals surface area (Å²) in [6.07, 6.45) is -0.0934. The van der Waals surface area contributed by atoms with Crippen molar-refractivity contribution in [2.75, 3.05) is 26.7 Å². The number of hydrazine groups is 1. The number of likely N-dealkylation sites (N-methyl/N-ethyl adjacent to an activating group) is 1. The van der Waals surface area contributed by atoms with Gasteiger partial charge in [0, 0.05) is 18.5 Å². The number of nitrogens with two attached hydrogens (primary N) is 1. The molecule has 0 radical (unpaired) electrons. The molecule has 1 aromatic carbocycles. The third-order valence-electron chi connectivity index (χ3n) is 3.65. The third kappa shape index (κ3) is 2.55. The number of benzene rings is 1. The molecule has 5 nitrogen and oxygen atoms in total. The molecule has 108 valence electrons. The van der Waals surface area contributed by atoms with Crippen molar-refractivity contribution in [1.29, 1.82) is 0 Å². The third-order valence-corrected chi connectivity index (χ3v) is 3.65. The molecule has 0 saturated carbocycles. The van der Waals surface area contributed by atoms with Gasteiger partial charge in [-0.25, -0.2) is 9.82 Å². The molecular formula is C14H18FN3O2. The first-order valence-electron chi connectivity index (χ1n) is 6.62. The minimum atomic E-state index is -0.282. The fourth-order valence-corrected chi connectivity index (χ4v) is 2.57. The van der Waals surface area contributed by atoms with E-state index in [4.69, 9.17) is 15.0 Å². The summed E-state index contributed by atoms with van der Waals surface area (Å²) in [6.45, 7) is 2.33. The largest absolute Gasteiger partial charge is 0.459 e. The average molecular weight is 279 g/mol. The van der Waals surface area contributed by atoms with Crippen LogP contribution in [0.2, 0.25) is 0 Å². The van der Waals surface area contributed by atoms with E-state index < -0.39 is 0 Å². The van der Waals surface area contributed by atoms with Crippen LogP contribution in [0.1, 0.15) is 11.8 Å². The first-order chi connectivity index (χ1) is 9.67. The molecule has 0 spiro atoms. The number of nitrogens with one attached hydrogen (secondary N) is 1. The van der Waals surface area contributed by atoms with Gasteiger partial charge >= 0.3 is 0 Å². The van der Waals surface area contributed by atoms with Crippen LogP contribution in [0.4, 0.5) is 4.39 Å². The van der Waals surface area contributed by atoms with Crippen molar-refractivity contribution in [3.05, 3.63) is 35.8 Å². The van der Waals surface area contributed by atoms with Gasteiger partial charge in [-0.05, 0) is 31.3 Å². The van der Waals surface area contributed by atoms with Gasteiger partial charge in [0.1, 0.15) is 23.2 Å². The summed E-state index contributed by atoms with van der Waals surface area (Å²) in [5.41, 5.74) is 3.39. The minimum absolute atomic E-state index is 0.0934. The van der Waals surface area contributed by atoms with Crippen LogP contribution in [-0.4, -0.2) is 37.7 Å². The van der Waals surface area contributed by atoms with Gasteiger partial charge in [-0.1, -0.05) is 0 Å². The molecule has 1 saturated heterocycles. The lowest BCUT2D eigenvalue weighted by Gasteiger charge is -2.33. The average Bonchev–Trinajstić information content (AvgIpc) is 2.82. The van der Waals surface area contributed by atoms with Gasteiger partial charge in [-0.2, -0.15) is 0 Å². The number of halogens is 1. The molecule has 1 aliphatic heterocycles. The van der Waals surface area contributed by atoms with Crippen LogP contribution in [0.5, 0.6) is 0 Å². The van der Waals surface area contributed by atoms with E-state index in [1.54, 1.807) is 12.1 Å². The van der Waals surface area contributed by atoms with E-state index in [1.165, 1.54) is 12.1 Å². The fourth-order valence-electron chi connectivity index (χ4n) is 2.57. The molecule has 6 heteroatoms. The highest BCUT2D eigenvalue weighted by molar-refractivity contribution is 5.78. The summed E-state index contributed by atoms with van der Waals surface area (Å²) in [6, 6.07) is 6.00. The van der Waals surface area contributed by atoms with Gasteiger partial charge in [-0.3, -0.25) is 5.84 Å². The molecule has 0 amide bonds. The Labute approximate surface area is 116 Å². The molecule has 3 rings (SSSR count). The van der Waals surface area contributed by atoms with E-state index in [2.05, 4.69) is 10.3 Å². The Bertz CT molecular complexity index is 601. The summed E-state index contributed by atoms with van der Waals surface area (Å²) in [4.78, 5) is 2.18. The van der Waals surface area contributed by atoms with Crippen molar-refractivity contribution >= 4 is 11.0 Å². The van der Waals surface area contributed by atoms with Gasteiger partial charge in [0.25, 0.3) is 0 Å². The van der Waals surface area contributed by atoms with Crippen LogP contribution in [0.15, 0.2) is 28.7 Å². The lowest BCUT2D eigenvalue weighted by atomic mass is 10.1. The number of fused-ring (bicyclic) bond motifs is 1. The smallest absolute Gasteiger partial charge is 0.134 e. The van der Waals surface area contributed by atoms with E-state index in [0.717, 1.165) is 18.5 Å². The van der Waals surface area contributed by atoms with Gasteiger partial charge < -0.3 is 14.1 Å². The van der Waals surface area contributed by atoms with Gasteiger partial charge in [0.05, 0.1) is 12.7 Å². The summed E-state index contributed by atoms with van der Waals surface area (Å²) < 4.78 is 24.7. The maximum atomic E-state index is 13.2. The zero-order valence-corrected chi connectivity index (χ0v) is 11.3. The number of hydrogen-bond donors (Lipinski definition) is 2. The predicted octanol–water partition coefficient (Wildman–Crippen LogP) is 1.41. The second kappa shape index (κ2) is 5.49. The van der Waals surface area contributed by atoms with Crippen LogP contribution in [0.3, 0.4) is 0 Å². The number of hydrogen-bond acceptors (Lipinski definition) is 5. The van der Waals surface area contributed by atoms with E-state index >= 15 is 0 Å². The standard InChI is InChI=1S/C14H18FN3O2/c1-18-4-5-19-13(8-18)14(17-16)12-7-9-6-10(15)2-3-11(9)20-12/h2-3,6-7,13-14,17H,4-5,8,16H2,1H3. The predicted molar refractivity (Wildman–Crippen MR) is 73.5 cm³/mol. The second-order valence-corrected chi connectivity index (χ2v) is 5.15. The second-order valence-electron chi connectivity index (χ2n) is 5.15. The van der Waals surface area contributed by atoms with E-state index in [1.807, 2.05) is 7.05 Å². The zero-order valence-electron chi connectivity index (χ0n) is 11.3. The minimum Gasteiger partial charge on any atom is -0.459 e.